The lowest BCUT2D eigenvalue weighted by Crippen LogP contribution is -2.29. The SMILES string of the molecule is O=CC1=CC=CC2NC=C([N+](=O)[O-])C12. The van der Waals surface area contributed by atoms with Gasteiger partial charge in [-0.1, -0.05) is 18.2 Å². The van der Waals surface area contributed by atoms with Gasteiger partial charge in [-0.05, 0) is 0 Å². The Bertz CT molecular complexity index is 382. The number of hydrogen-bond acceptors (Lipinski definition) is 4. The van der Waals surface area contributed by atoms with Gasteiger partial charge >= 0.3 is 0 Å². The molecule has 1 heterocycles. The van der Waals surface area contributed by atoms with E-state index in [0.717, 1.165) is 0 Å². The van der Waals surface area contributed by atoms with Crippen LogP contribution in [0.3, 0.4) is 0 Å². The van der Waals surface area contributed by atoms with Crippen LogP contribution < -0.4 is 5.32 Å². The third kappa shape index (κ3) is 1.14. The predicted octanol–water partition coefficient (Wildman–Crippen LogP) is 0.388. The number of carbonyl (C=O) groups excluding carboxylic acids is 1. The van der Waals surface area contributed by atoms with Crippen LogP contribution in [0, 0.1) is 16.0 Å². The minimum atomic E-state index is -0.450. The van der Waals surface area contributed by atoms with Gasteiger partial charge in [-0.2, -0.15) is 0 Å². The zero-order chi connectivity index (χ0) is 10.1. The zero-order valence-corrected chi connectivity index (χ0v) is 7.21. The molecule has 0 amide bonds. The fourth-order valence-corrected chi connectivity index (χ4v) is 1.77. The fraction of sp³-hybridized carbons (Fsp3) is 0.222. The predicted molar refractivity (Wildman–Crippen MR) is 48.8 cm³/mol. The van der Waals surface area contributed by atoms with E-state index in [1.54, 1.807) is 12.2 Å². The molecular formula is C9H8N2O3. The highest BCUT2D eigenvalue weighted by atomic mass is 16.6. The highest BCUT2D eigenvalue weighted by molar-refractivity contribution is 5.77. The normalized spacial score (nSPS) is 28.6. The van der Waals surface area contributed by atoms with Crippen LogP contribution in [-0.2, 0) is 4.79 Å². The van der Waals surface area contributed by atoms with Gasteiger partial charge < -0.3 is 5.32 Å². The van der Waals surface area contributed by atoms with Crippen LogP contribution in [0.2, 0.25) is 0 Å². The van der Waals surface area contributed by atoms with E-state index in [1.165, 1.54) is 6.20 Å². The number of hydrogen-bond donors (Lipinski definition) is 1. The summed E-state index contributed by atoms with van der Waals surface area (Å²) in [6.45, 7) is 0. The summed E-state index contributed by atoms with van der Waals surface area (Å²) in [4.78, 5) is 20.9. The molecule has 72 valence electrons. The molecule has 0 aromatic rings. The number of nitro groups is 1. The molecule has 0 fully saturated rings. The summed E-state index contributed by atoms with van der Waals surface area (Å²) in [5.41, 5.74) is 0.503. The molecular weight excluding hydrogens is 184 g/mol. The van der Waals surface area contributed by atoms with Crippen molar-refractivity contribution in [3.8, 4) is 0 Å². The largest absolute Gasteiger partial charge is 0.378 e. The average Bonchev–Trinajstić information content (AvgIpc) is 2.60. The molecule has 5 heteroatoms. The molecule has 0 spiro atoms. The van der Waals surface area contributed by atoms with E-state index in [2.05, 4.69) is 5.32 Å². The minimum Gasteiger partial charge on any atom is -0.378 e. The first-order chi connectivity index (χ1) is 6.74. The smallest absolute Gasteiger partial charge is 0.271 e. The van der Waals surface area contributed by atoms with Crippen LogP contribution in [0.5, 0.6) is 0 Å². The van der Waals surface area contributed by atoms with Gasteiger partial charge in [0.05, 0.1) is 17.2 Å². The number of fused-ring (bicyclic) bond motifs is 1. The molecule has 2 atom stereocenters. The Balaban J connectivity index is 2.36. The van der Waals surface area contributed by atoms with Gasteiger partial charge in [0, 0.05) is 5.57 Å². The molecule has 5 nitrogen and oxygen atoms in total. The lowest BCUT2D eigenvalue weighted by Gasteiger charge is -2.18. The van der Waals surface area contributed by atoms with Gasteiger partial charge in [0.15, 0.2) is 0 Å². The van der Waals surface area contributed by atoms with Crippen molar-refractivity contribution in [3.05, 3.63) is 45.8 Å². The molecule has 2 aliphatic rings. The Morgan fingerprint density at radius 1 is 1.57 bits per heavy atom. The van der Waals surface area contributed by atoms with Gasteiger partial charge in [-0.3, -0.25) is 14.9 Å². The number of nitrogens with zero attached hydrogens (tertiary/aromatic N) is 1. The Morgan fingerprint density at radius 2 is 2.36 bits per heavy atom. The Kier molecular flexibility index (Phi) is 1.92. The van der Waals surface area contributed by atoms with Gasteiger partial charge in [0.1, 0.15) is 12.2 Å². The average molecular weight is 192 g/mol. The van der Waals surface area contributed by atoms with E-state index in [9.17, 15) is 14.9 Å². The standard InChI is InChI=1S/C9H8N2O3/c12-5-6-2-1-3-7-9(6)8(4-10-7)11(13)14/h1-5,7,9-10H. The van der Waals surface area contributed by atoms with Crippen molar-refractivity contribution in [3.63, 3.8) is 0 Å². The lowest BCUT2D eigenvalue weighted by molar-refractivity contribution is -0.431. The molecule has 2 rings (SSSR count). The summed E-state index contributed by atoms with van der Waals surface area (Å²) in [5.74, 6) is -0.438. The van der Waals surface area contributed by atoms with Crippen molar-refractivity contribution in [2.75, 3.05) is 0 Å². The summed E-state index contributed by atoms with van der Waals surface area (Å²) in [6.07, 6.45) is 7.19. The first kappa shape index (κ1) is 8.68. The zero-order valence-electron chi connectivity index (χ0n) is 7.21. The van der Waals surface area contributed by atoms with Gasteiger partial charge in [-0.25, -0.2) is 0 Å². The van der Waals surface area contributed by atoms with Gasteiger partial charge in [0.2, 0.25) is 0 Å². The number of aldehydes is 1. The van der Waals surface area contributed by atoms with Gasteiger partial charge in [-0.15, -0.1) is 0 Å². The molecule has 14 heavy (non-hydrogen) atoms. The maximum Gasteiger partial charge on any atom is 0.271 e. The topological polar surface area (TPSA) is 72.2 Å². The van der Waals surface area contributed by atoms with E-state index in [0.29, 0.717) is 11.9 Å². The summed E-state index contributed by atoms with van der Waals surface area (Å²) >= 11 is 0. The third-order valence-corrected chi connectivity index (χ3v) is 2.41. The molecule has 0 aromatic heterocycles. The van der Waals surface area contributed by atoms with Crippen molar-refractivity contribution < 1.29 is 9.72 Å². The van der Waals surface area contributed by atoms with E-state index >= 15 is 0 Å². The summed E-state index contributed by atoms with van der Waals surface area (Å²) in [5, 5.41) is 13.5. The Hall–Kier alpha value is -1.91. The molecule has 1 aliphatic heterocycles. The van der Waals surface area contributed by atoms with Crippen molar-refractivity contribution in [2.45, 2.75) is 6.04 Å². The van der Waals surface area contributed by atoms with Gasteiger partial charge in [0.25, 0.3) is 5.70 Å². The van der Waals surface area contributed by atoms with Crippen LogP contribution in [0.15, 0.2) is 35.7 Å². The number of nitrogens with one attached hydrogen (secondary N) is 1. The van der Waals surface area contributed by atoms with Crippen molar-refractivity contribution in [2.24, 2.45) is 5.92 Å². The molecule has 2 unspecified atom stereocenters. The number of rotatable bonds is 2. The van der Waals surface area contributed by atoms with Crippen LogP contribution in [-0.4, -0.2) is 17.3 Å². The molecule has 0 saturated carbocycles. The summed E-state index contributed by atoms with van der Waals surface area (Å²) < 4.78 is 0. The van der Waals surface area contributed by atoms with Crippen LogP contribution in [0.4, 0.5) is 0 Å². The summed E-state index contributed by atoms with van der Waals surface area (Å²) in [7, 11) is 0. The van der Waals surface area contributed by atoms with Crippen LogP contribution in [0.1, 0.15) is 0 Å². The van der Waals surface area contributed by atoms with E-state index in [-0.39, 0.29) is 11.7 Å². The maximum atomic E-state index is 10.7. The van der Waals surface area contributed by atoms with E-state index in [1.807, 2.05) is 6.08 Å². The Labute approximate surface area is 79.9 Å². The van der Waals surface area contributed by atoms with Crippen LogP contribution in [0.25, 0.3) is 0 Å². The molecule has 1 N–H and O–H groups in total. The monoisotopic (exact) mass is 192 g/mol. The van der Waals surface area contributed by atoms with Crippen LogP contribution >= 0.6 is 0 Å². The first-order valence-corrected chi connectivity index (χ1v) is 4.18. The first-order valence-electron chi connectivity index (χ1n) is 4.18. The molecule has 1 aliphatic carbocycles. The van der Waals surface area contributed by atoms with E-state index < -0.39 is 10.8 Å². The number of carbonyl (C=O) groups is 1. The molecule has 0 aromatic carbocycles. The second kappa shape index (κ2) is 3.10. The van der Waals surface area contributed by atoms with E-state index in [4.69, 9.17) is 0 Å². The molecule has 0 saturated heterocycles. The van der Waals surface area contributed by atoms with Crippen molar-refractivity contribution in [1.29, 1.82) is 0 Å². The Morgan fingerprint density at radius 3 is 3.00 bits per heavy atom. The number of allylic oxidation sites excluding steroid dienone is 2. The fourth-order valence-electron chi connectivity index (χ4n) is 1.77. The third-order valence-electron chi connectivity index (χ3n) is 2.41. The minimum absolute atomic E-state index is 0.0534. The molecule has 0 radical (unpaired) electrons. The quantitative estimate of drug-likeness (QED) is 0.390. The van der Waals surface area contributed by atoms with Crippen molar-refractivity contribution in [1.82, 2.24) is 5.32 Å². The molecule has 0 bridgehead atoms. The maximum absolute atomic E-state index is 10.7. The van der Waals surface area contributed by atoms with Crippen molar-refractivity contribution >= 4 is 6.29 Å². The second-order valence-corrected chi connectivity index (χ2v) is 3.17. The highest BCUT2D eigenvalue weighted by Gasteiger charge is 2.39. The second-order valence-electron chi connectivity index (χ2n) is 3.17. The summed E-state index contributed by atoms with van der Waals surface area (Å²) in [6, 6.07) is -0.152. The highest BCUT2D eigenvalue weighted by Crippen LogP contribution is 2.30. The lowest BCUT2D eigenvalue weighted by atomic mass is 9.88.